The van der Waals surface area contributed by atoms with Gasteiger partial charge in [0.05, 0.1) is 12.7 Å². The second-order valence-corrected chi connectivity index (χ2v) is 2.99. The number of cyclic esters (lactones) is 1. The van der Waals surface area contributed by atoms with Crippen molar-refractivity contribution in [2.75, 3.05) is 13.2 Å². The van der Waals surface area contributed by atoms with Crippen molar-refractivity contribution in [3.05, 3.63) is 11.1 Å². The Kier molecular flexibility index (Phi) is 1.46. The van der Waals surface area contributed by atoms with Crippen molar-refractivity contribution in [1.82, 2.24) is 0 Å². The molecule has 2 rings (SSSR count). The highest BCUT2D eigenvalue weighted by molar-refractivity contribution is 5.91. The van der Waals surface area contributed by atoms with Crippen LogP contribution in [0.4, 0.5) is 0 Å². The fourth-order valence-corrected chi connectivity index (χ4v) is 1.19. The summed E-state index contributed by atoms with van der Waals surface area (Å²) in [7, 11) is 0. The van der Waals surface area contributed by atoms with Crippen LogP contribution < -0.4 is 0 Å². The van der Waals surface area contributed by atoms with Gasteiger partial charge in [-0.25, -0.2) is 4.79 Å². The predicted molar refractivity (Wildman–Crippen MR) is 38.0 cm³/mol. The maximum absolute atomic E-state index is 11.0. The summed E-state index contributed by atoms with van der Waals surface area (Å²) in [5.41, 5.74) is 1.89. The zero-order valence-corrected chi connectivity index (χ0v) is 6.42. The van der Waals surface area contributed by atoms with Crippen LogP contribution in [-0.4, -0.2) is 25.3 Å². The minimum Gasteiger partial charge on any atom is -0.458 e. The van der Waals surface area contributed by atoms with E-state index < -0.39 is 0 Å². The Hall–Kier alpha value is -0.830. The summed E-state index contributed by atoms with van der Waals surface area (Å²) in [5, 5.41) is 0. The van der Waals surface area contributed by atoms with Gasteiger partial charge in [-0.1, -0.05) is 0 Å². The molecule has 0 bridgehead atoms. The van der Waals surface area contributed by atoms with Gasteiger partial charge in [0.2, 0.25) is 0 Å². The molecule has 0 aromatic rings. The molecule has 2 heterocycles. The van der Waals surface area contributed by atoms with Gasteiger partial charge in [-0.15, -0.1) is 0 Å². The normalized spacial score (nSPS) is 29.2. The quantitative estimate of drug-likeness (QED) is 0.433. The smallest absolute Gasteiger partial charge is 0.334 e. The lowest BCUT2D eigenvalue weighted by Crippen LogP contribution is -2.01. The minimum absolute atomic E-state index is 0.155. The van der Waals surface area contributed by atoms with Gasteiger partial charge in [0.1, 0.15) is 6.61 Å². The van der Waals surface area contributed by atoms with Crippen molar-refractivity contribution in [2.45, 2.75) is 19.4 Å². The summed E-state index contributed by atoms with van der Waals surface area (Å²) >= 11 is 0. The number of esters is 1. The Morgan fingerprint density at radius 1 is 1.64 bits per heavy atom. The summed E-state index contributed by atoms with van der Waals surface area (Å²) in [5.74, 6) is -0.155. The number of carbonyl (C=O) groups excluding carboxylic acids is 1. The van der Waals surface area contributed by atoms with Crippen LogP contribution >= 0.6 is 0 Å². The molecule has 0 aromatic heterocycles. The third-order valence-corrected chi connectivity index (χ3v) is 2.02. The summed E-state index contributed by atoms with van der Waals surface area (Å²) in [6.45, 7) is 3.20. The van der Waals surface area contributed by atoms with E-state index in [2.05, 4.69) is 0 Å². The van der Waals surface area contributed by atoms with Gasteiger partial charge in [-0.05, 0) is 12.5 Å². The third kappa shape index (κ3) is 1.28. The number of epoxide rings is 1. The van der Waals surface area contributed by atoms with E-state index in [-0.39, 0.29) is 12.1 Å². The Bertz CT molecular complexity index is 225. The number of ether oxygens (including phenoxy) is 2. The highest BCUT2D eigenvalue weighted by atomic mass is 16.6. The molecule has 3 nitrogen and oxygen atoms in total. The lowest BCUT2D eigenvalue weighted by Gasteiger charge is -1.94. The first kappa shape index (κ1) is 6.85. The Labute approximate surface area is 65.0 Å². The highest BCUT2D eigenvalue weighted by Crippen LogP contribution is 2.25. The molecular formula is C8H10O3. The first-order chi connectivity index (χ1) is 5.27. The van der Waals surface area contributed by atoms with Crippen LogP contribution in [0.15, 0.2) is 11.1 Å². The van der Waals surface area contributed by atoms with E-state index in [0.717, 1.165) is 24.2 Å². The zero-order chi connectivity index (χ0) is 7.84. The van der Waals surface area contributed by atoms with E-state index in [1.54, 1.807) is 0 Å². The molecule has 1 fully saturated rings. The SMILES string of the molecule is CC1=C(C[C@H]2CO2)C(=O)OC1. The Morgan fingerprint density at radius 3 is 2.82 bits per heavy atom. The lowest BCUT2D eigenvalue weighted by molar-refractivity contribution is -0.136. The number of carbonyl (C=O) groups is 1. The Morgan fingerprint density at radius 2 is 2.36 bits per heavy atom. The van der Waals surface area contributed by atoms with E-state index in [1.165, 1.54) is 0 Å². The van der Waals surface area contributed by atoms with E-state index in [4.69, 9.17) is 9.47 Å². The van der Waals surface area contributed by atoms with Gasteiger partial charge in [0.25, 0.3) is 0 Å². The predicted octanol–water partition coefficient (Wildman–Crippen LogP) is 0.649. The molecule has 3 heteroatoms. The molecule has 0 radical (unpaired) electrons. The van der Waals surface area contributed by atoms with Gasteiger partial charge in [-0.3, -0.25) is 0 Å². The molecule has 2 aliphatic heterocycles. The van der Waals surface area contributed by atoms with Crippen LogP contribution in [0.1, 0.15) is 13.3 Å². The number of rotatable bonds is 2. The first-order valence-electron chi connectivity index (χ1n) is 3.74. The average Bonchev–Trinajstić information content (AvgIpc) is 2.73. The topological polar surface area (TPSA) is 38.8 Å². The second kappa shape index (κ2) is 2.34. The fraction of sp³-hybridized carbons (Fsp3) is 0.625. The molecular weight excluding hydrogens is 144 g/mol. The second-order valence-electron chi connectivity index (χ2n) is 2.99. The molecule has 0 amide bonds. The van der Waals surface area contributed by atoms with E-state index in [9.17, 15) is 4.79 Å². The van der Waals surface area contributed by atoms with Crippen LogP contribution in [-0.2, 0) is 14.3 Å². The Balaban J connectivity index is 2.07. The summed E-state index contributed by atoms with van der Waals surface area (Å²) in [6, 6.07) is 0. The largest absolute Gasteiger partial charge is 0.458 e. The van der Waals surface area contributed by atoms with Crippen molar-refractivity contribution >= 4 is 5.97 Å². The van der Waals surface area contributed by atoms with Crippen LogP contribution in [0.5, 0.6) is 0 Å². The summed E-state index contributed by atoms with van der Waals surface area (Å²) in [6.07, 6.45) is 1.02. The van der Waals surface area contributed by atoms with E-state index in [1.807, 2.05) is 6.92 Å². The molecule has 2 aliphatic rings. The minimum atomic E-state index is -0.155. The molecule has 0 aliphatic carbocycles. The molecule has 0 aromatic carbocycles. The van der Waals surface area contributed by atoms with E-state index >= 15 is 0 Å². The van der Waals surface area contributed by atoms with Crippen molar-refractivity contribution < 1.29 is 14.3 Å². The van der Waals surface area contributed by atoms with Crippen molar-refractivity contribution in [3.63, 3.8) is 0 Å². The van der Waals surface area contributed by atoms with Gasteiger partial charge >= 0.3 is 5.97 Å². The maximum atomic E-state index is 11.0. The lowest BCUT2D eigenvalue weighted by atomic mass is 10.1. The number of hydrogen-bond acceptors (Lipinski definition) is 3. The van der Waals surface area contributed by atoms with Gasteiger partial charge in [0, 0.05) is 12.0 Å². The standard InChI is InChI=1S/C8H10O3/c1-5-3-11-8(9)7(5)2-6-4-10-6/h6H,2-4H2,1H3/t6-/m0/s1. The van der Waals surface area contributed by atoms with Crippen LogP contribution in [0, 0.1) is 0 Å². The molecule has 0 saturated carbocycles. The van der Waals surface area contributed by atoms with Gasteiger partial charge in [0.15, 0.2) is 0 Å². The molecule has 60 valence electrons. The average molecular weight is 154 g/mol. The fourth-order valence-electron chi connectivity index (χ4n) is 1.19. The van der Waals surface area contributed by atoms with Gasteiger partial charge < -0.3 is 9.47 Å². The molecule has 0 N–H and O–H groups in total. The maximum Gasteiger partial charge on any atom is 0.334 e. The van der Waals surface area contributed by atoms with Crippen LogP contribution in [0.2, 0.25) is 0 Å². The molecule has 1 atom stereocenters. The van der Waals surface area contributed by atoms with Crippen molar-refractivity contribution in [1.29, 1.82) is 0 Å². The highest BCUT2D eigenvalue weighted by Gasteiger charge is 2.30. The molecule has 0 unspecified atom stereocenters. The monoisotopic (exact) mass is 154 g/mol. The number of hydrogen-bond donors (Lipinski definition) is 0. The molecule has 1 saturated heterocycles. The zero-order valence-electron chi connectivity index (χ0n) is 6.42. The van der Waals surface area contributed by atoms with Crippen LogP contribution in [0.3, 0.4) is 0 Å². The van der Waals surface area contributed by atoms with Crippen LogP contribution in [0.25, 0.3) is 0 Å². The summed E-state index contributed by atoms with van der Waals surface area (Å²) in [4.78, 5) is 11.0. The van der Waals surface area contributed by atoms with Crippen molar-refractivity contribution in [2.24, 2.45) is 0 Å². The first-order valence-corrected chi connectivity index (χ1v) is 3.74. The molecule has 0 spiro atoms. The van der Waals surface area contributed by atoms with Crippen molar-refractivity contribution in [3.8, 4) is 0 Å². The van der Waals surface area contributed by atoms with E-state index in [0.29, 0.717) is 6.61 Å². The molecule has 11 heavy (non-hydrogen) atoms. The third-order valence-electron chi connectivity index (χ3n) is 2.02. The van der Waals surface area contributed by atoms with Gasteiger partial charge in [-0.2, -0.15) is 0 Å². The summed E-state index contributed by atoms with van der Waals surface area (Å²) < 4.78 is 9.86.